The van der Waals surface area contributed by atoms with Crippen LogP contribution in [0.5, 0.6) is 5.75 Å². The van der Waals surface area contributed by atoms with Crippen LogP contribution in [0.3, 0.4) is 0 Å². The van der Waals surface area contributed by atoms with Crippen molar-refractivity contribution in [2.45, 2.75) is 32.9 Å². The molecule has 0 atom stereocenters. The van der Waals surface area contributed by atoms with Crippen molar-refractivity contribution in [1.82, 2.24) is 10.2 Å². The lowest BCUT2D eigenvalue weighted by molar-refractivity contribution is -0.123. The summed E-state index contributed by atoms with van der Waals surface area (Å²) in [5.74, 6) is 0.852. The van der Waals surface area contributed by atoms with Crippen LogP contribution in [0.4, 0.5) is 0 Å². The van der Waals surface area contributed by atoms with E-state index in [1.807, 2.05) is 50.9 Å². The Morgan fingerprint density at radius 2 is 2.05 bits per heavy atom. The van der Waals surface area contributed by atoms with Gasteiger partial charge in [0.25, 0.3) is 0 Å². The quantitative estimate of drug-likeness (QED) is 0.894. The molecule has 0 unspecified atom stereocenters. The molecule has 0 spiro atoms. The lowest BCUT2D eigenvalue weighted by atomic mass is 10.1. The Morgan fingerprint density at radius 1 is 1.40 bits per heavy atom. The van der Waals surface area contributed by atoms with E-state index in [9.17, 15) is 4.79 Å². The molecule has 1 N–H and O–H groups in total. The van der Waals surface area contributed by atoms with Gasteiger partial charge in [-0.3, -0.25) is 9.69 Å². The molecule has 0 fully saturated rings. The number of halogens is 1. The van der Waals surface area contributed by atoms with Crippen molar-refractivity contribution in [3.8, 4) is 5.75 Å². The third kappa shape index (κ3) is 5.92. The summed E-state index contributed by atoms with van der Waals surface area (Å²) in [6, 6.07) is 5.87. The first kappa shape index (κ1) is 17.0. The topological polar surface area (TPSA) is 41.6 Å². The average molecular weight is 343 g/mol. The molecule has 20 heavy (non-hydrogen) atoms. The predicted octanol–water partition coefficient (Wildman–Crippen LogP) is 2.80. The summed E-state index contributed by atoms with van der Waals surface area (Å²) in [6.07, 6.45) is 0. The van der Waals surface area contributed by atoms with E-state index in [0.29, 0.717) is 13.1 Å². The van der Waals surface area contributed by atoms with Gasteiger partial charge in [0.05, 0.1) is 13.7 Å². The number of likely N-dealkylation sites (N-methyl/N-ethyl adjacent to an activating group) is 1. The van der Waals surface area contributed by atoms with Crippen molar-refractivity contribution in [3.05, 3.63) is 28.2 Å². The van der Waals surface area contributed by atoms with E-state index >= 15 is 0 Å². The minimum Gasteiger partial charge on any atom is -0.496 e. The molecule has 0 saturated carbocycles. The number of hydrogen-bond donors (Lipinski definition) is 1. The second-order valence-electron chi connectivity index (χ2n) is 5.93. The van der Waals surface area contributed by atoms with Crippen LogP contribution in [-0.4, -0.2) is 37.0 Å². The molecule has 0 saturated heterocycles. The summed E-state index contributed by atoms with van der Waals surface area (Å²) < 4.78 is 6.34. The molecule has 0 bridgehead atoms. The van der Waals surface area contributed by atoms with Gasteiger partial charge in [0.15, 0.2) is 0 Å². The molecule has 112 valence electrons. The van der Waals surface area contributed by atoms with Crippen LogP contribution >= 0.6 is 15.9 Å². The second kappa shape index (κ2) is 7.09. The highest BCUT2D eigenvalue weighted by atomic mass is 79.9. The molecule has 4 nitrogen and oxygen atoms in total. The number of carbonyl (C=O) groups is 1. The predicted molar refractivity (Wildman–Crippen MR) is 84.9 cm³/mol. The minimum absolute atomic E-state index is 0.0222. The smallest absolute Gasteiger partial charge is 0.234 e. The van der Waals surface area contributed by atoms with E-state index in [-0.39, 0.29) is 11.4 Å². The highest BCUT2D eigenvalue weighted by molar-refractivity contribution is 9.10. The Bertz CT molecular complexity index is 469. The van der Waals surface area contributed by atoms with Crippen LogP contribution in [-0.2, 0) is 11.3 Å². The molecule has 0 radical (unpaired) electrons. The van der Waals surface area contributed by atoms with Gasteiger partial charge < -0.3 is 10.1 Å². The molecular weight excluding hydrogens is 320 g/mol. The van der Waals surface area contributed by atoms with Gasteiger partial charge in [0, 0.05) is 22.1 Å². The number of methoxy groups -OCH3 is 1. The molecule has 1 rings (SSSR count). The molecular formula is C15H23BrN2O2. The fraction of sp³-hybridized carbons (Fsp3) is 0.533. The number of rotatable bonds is 5. The lowest BCUT2D eigenvalue weighted by Gasteiger charge is -2.23. The van der Waals surface area contributed by atoms with Gasteiger partial charge in [0.2, 0.25) is 5.91 Å². The van der Waals surface area contributed by atoms with E-state index in [1.165, 1.54) is 0 Å². The summed E-state index contributed by atoms with van der Waals surface area (Å²) in [6.45, 7) is 6.93. The summed E-state index contributed by atoms with van der Waals surface area (Å²) >= 11 is 3.45. The van der Waals surface area contributed by atoms with Gasteiger partial charge >= 0.3 is 0 Å². The van der Waals surface area contributed by atoms with Crippen LogP contribution in [0.2, 0.25) is 0 Å². The monoisotopic (exact) mass is 342 g/mol. The SMILES string of the molecule is COc1ccc(Br)cc1CN(C)CC(=O)NC(C)(C)C. The van der Waals surface area contributed by atoms with Crippen molar-refractivity contribution in [3.63, 3.8) is 0 Å². The maximum Gasteiger partial charge on any atom is 0.234 e. The van der Waals surface area contributed by atoms with E-state index in [4.69, 9.17) is 4.74 Å². The Kier molecular flexibility index (Phi) is 6.02. The van der Waals surface area contributed by atoms with Gasteiger partial charge in [0.1, 0.15) is 5.75 Å². The Hall–Kier alpha value is -1.07. The number of benzene rings is 1. The van der Waals surface area contributed by atoms with Gasteiger partial charge in [-0.05, 0) is 46.0 Å². The van der Waals surface area contributed by atoms with Crippen molar-refractivity contribution in [1.29, 1.82) is 0 Å². The third-order valence-electron chi connectivity index (χ3n) is 2.61. The molecule has 0 aliphatic heterocycles. The molecule has 0 aliphatic carbocycles. The van der Waals surface area contributed by atoms with Gasteiger partial charge in [-0.25, -0.2) is 0 Å². The lowest BCUT2D eigenvalue weighted by Crippen LogP contribution is -2.45. The number of ether oxygens (including phenoxy) is 1. The van der Waals surface area contributed by atoms with Crippen molar-refractivity contribution in [2.75, 3.05) is 20.7 Å². The van der Waals surface area contributed by atoms with Crippen LogP contribution in [0.25, 0.3) is 0 Å². The summed E-state index contributed by atoms with van der Waals surface area (Å²) in [5, 5.41) is 2.95. The number of amides is 1. The first-order valence-corrected chi connectivity index (χ1v) is 7.32. The van der Waals surface area contributed by atoms with Gasteiger partial charge in [-0.1, -0.05) is 15.9 Å². The molecule has 1 aromatic carbocycles. The molecule has 1 aromatic rings. The Labute approximate surface area is 129 Å². The summed E-state index contributed by atoms with van der Waals surface area (Å²) in [5.41, 5.74) is 0.846. The van der Waals surface area contributed by atoms with Gasteiger partial charge in [-0.15, -0.1) is 0 Å². The van der Waals surface area contributed by atoms with Crippen LogP contribution in [0.1, 0.15) is 26.3 Å². The molecule has 0 aliphatic rings. The first-order chi connectivity index (χ1) is 9.21. The fourth-order valence-corrected chi connectivity index (χ4v) is 2.33. The van der Waals surface area contributed by atoms with E-state index < -0.39 is 0 Å². The molecule has 1 amide bonds. The summed E-state index contributed by atoms with van der Waals surface area (Å²) in [4.78, 5) is 13.9. The Balaban J connectivity index is 2.64. The highest BCUT2D eigenvalue weighted by Crippen LogP contribution is 2.23. The van der Waals surface area contributed by atoms with E-state index in [1.54, 1.807) is 7.11 Å². The minimum atomic E-state index is -0.203. The second-order valence-corrected chi connectivity index (χ2v) is 6.84. The van der Waals surface area contributed by atoms with E-state index in [2.05, 4.69) is 21.2 Å². The van der Waals surface area contributed by atoms with Crippen LogP contribution < -0.4 is 10.1 Å². The zero-order valence-electron chi connectivity index (χ0n) is 12.8. The normalized spacial score (nSPS) is 11.6. The molecule has 0 aromatic heterocycles. The molecule has 5 heteroatoms. The fourth-order valence-electron chi connectivity index (χ4n) is 1.92. The van der Waals surface area contributed by atoms with Crippen LogP contribution in [0.15, 0.2) is 22.7 Å². The van der Waals surface area contributed by atoms with Crippen molar-refractivity contribution in [2.24, 2.45) is 0 Å². The van der Waals surface area contributed by atoms with Gasteiger partial charge in [-0.2, -0.15) is 0 Å². The van der Waals surface area contributed by atoms with Crippen LogP contribution in [0, 0.1) is 0 Å². The Morgan fingerprint density at radius 3 is 2.60 bits per heavy atom. The number of hydrogen-bond acceptors (Lipinski definition) is 3. The van der Waals surface area contributed by atoms with Crippen molar-refractivity contribution < 1.29 is 9.53 Å². The highest BCUT2D eigenvalue weighted by Gasteiger charge is 2.16. The zero-order valence-corrected chi connectivity index (χ0v) is 14.4. The number of carbonyl (C=O) groups excluding carboxylic acids is 1. The molecule has 0 heterocycles. The summed E-state index contributed by atoms with van der Waals surface area (Å²) in [7, 11) is 3.57. The number of nitrogens with zero attached hydrogens (tertiary/aromatic N) is 1. The third-order valence-corrected chi connectivity index (χ3v) is 3.10. The standard InChI is InChI=1S/C15H23BrN2O2/c1-15(2,3)17-14(19)10-18(4)9-11-8-12(16)6-7-13(11)20-5/h6-8H,9-10H2,1-5H3,(H,17,19). The zero-order chi connectivity index (χ0) is 15.3. The average Bonchev–Trinajstić information content (AvgIpc) is 2.26. The maximum absolute atomic E-state index is 11.9. The maximum atomic E-state index is 11.9. The first-order valence-electron chi connectivity index (χ1n) is 6.53. The largest absolute Gasteiger partial charge is 0.496 e. The number of nitrogens with one attached hydrogen (secondary N) is 1. The van der Waals surface area contributed by atoms with E-state index in [0.717, 1.165) is 15.8 Å². The van der Waals surface area contributed by atoms with Crippen molar-refractivity contribution >= 4 is 21.8 Å².